The number of halogens is 3. The maximum Gasteiger partial charge on any atom is 0.334 e. The van der Waals surface area contributed by atoms with Crippen LogP contribution in [0.25, 0.3) is 0 Å². The number of hydrazone groups is 1. The van der Waals surface area contributed by atoms with Crippen molar-refractivity contribution < 1.29 is 22.7 Å². The summed E-state index contributed by atoms with van der Waals surface area (Å²) in [7, 11) is 1.24. The van der Waals surface area contributed by atoms with Gasteiger partial charge in [-0.1, -0.05) is 12.1 Å². The largest absolute Gasteiger partial charge is 0.467 e. The lowest BCUT2D eigenvalue weighted by Crippen LogP contribution is -2.52. The Bertz CT molecular complexity index is 1120. The zero-order chi connectivity index (χ0) is 21.5. The zero-order valence-electron chi connectivity index (χ0n) is 16.1. The molecule has 8 heteroatoms. The first kappa shape index (κ1) is 20.2. The summed E-state index contributed by atoms with van der Waals surface area (Å²) in [6, 6.07) is 10.6. The molecular formula is C22H17F3N2O2S. The van der Waals surface area contributed by atoms with Crippen LogP contribution in [0.1, 0.15) is 24.0 Å². The number of hydrogen-bond acceptors (Lipinski definition) is 5. The van der Waals surface area contributed by atoms with Crippen LogP contribution in [0.4, 0.5) is 18.9 Å². The average molecular weight is 430 g/mol. The van der Waals surface area contributed by atoms with Gasteiger partial charge in [0.25, 0.3) is 0 Å². The van der Waals surface area contributed by atoms with Gasteiger partial charge in [-0.05, 0) is 59.1 Å². The molecular weight excluding hydrogens is 413 g/mol. The lowest BCUT2D eigenvalue weighted by atomic mass is 9.77. The molecule has 4 nitrogen and oxygen atoms in total. The van der Waals surface area contributed by atoms with E-state index in [2.05, 4.69) is 5.10 Å². The first-order chi connectivity index (χ1) is 14.4. The Kier molecular flexibility index (Phi) is 5.11. The molecule has 0 aliphatic carbocycles. The van der Waals surface area contributed by atoms with Crippen LogP contribution >= 0.6 is 11.3 Å². The van der Waals surface area contributed by atoms with Crippen molar-refractivity contribution in [3.05, 3.63) is 87.9 Å². The third kappa shape index (κ3) is 3.17. The van der Waals surface area contributed by atoms with Crippen LogP contribution in [0.5, 0.6) is 0 Å². The van der Waals surface area contributed by atoms with Crippen molar-refractivity contribution in [3.63, 3.8) is 0 Å². The molecule has 2 unspecified atom stereocenters. The number of rotatable bonds is 4. The standard InChI is InChI=1S/C22H17F3N2O2S/c1-22(21(28)29-2)19(14-9-10-30-12-14)20(13-3-5-15(23)6-4-13)26-27(22)18-8-7-16(24)11-17(18)25/h3-12,19H,1-2H3. The number of hydrogen-bond donors (Lipinski definition) is 0. The first-order valence-electron chi connectivity index (χ1n) is 9.06. The van der Waals surface area contributed by atoms with Crippen LogP contribution in [-0.4, -0.2) is 24.3 Å². The summed E-state index contributed by atoms with van der Waals surface area (Å²) in [5.74, 6) is -3.29. The van der Waals surface area contributed by atoms with E-state index in [1.165, 1.54) is 41.7 Å². The molecule has 2 heterocycles. The normalized spacial score (nSPS) is 20.9. The van der Waals surface area contributed by atoms with Crippen LogP contribution in [0.15, 0.2) is 64.4 Å². The molecule has 3 aromatic rings. The summed E-state index contributed by atoms with van der Waals surface area (Å²) < 4.78 is 46.8. The van der Waals surface area contributed by atoms with E-state index in [1.807, 2.05) is 16.8 Å². The maximum absolute atomic E-state index is 14.7. The van der Waals surface area contributed by atoms with Crippen molar-refractivity contribution in [2.75, 3.05) is 12.1 Å². The fourth-order valence-electron chi connectivity index (χ4n) is 3.79. The van der Waals surface area contributed by atoms with Gasteiger partial charge in [0, 0.05) is 6.07 Å². The summed E-state index contributed by atoms with van der Waals surface area (Å²) in [5, 5.41) is 9.54. The number of carbonyl (C=O) groups is 1. The van der Waals surface area contributed by atoms with Crippen LogP contribution in [-0.2, 0) is 9.53 Å². The number of ether oxygens (including phenoxy) is 1. The van der Waals surface area contributed by atoms with Gasteiger partial charge in [-0.2, -0.15) is 16.4 Å². The monoisotopic (exact) mass is 430 g/mol. The molecule has 0 bridgehead atoms. The molecule has 0 saturated heterocycles. The molecule has 1 aromatic heterocycles. The molecule has 2 aromatic carbocycles. The fourth-order valence-corrected chi connectivity index (χ4v) is 4.48. The fraction of sp³-hybridized carbons (Fsp3) is 0.182. The quantitative estimate of drug-likeness (QED) is 0.541. The summed E-state index contributed by atoms with van der Waals surface area (Å²) in [6.07, 6.45) is 0. The van der Waals surface area contributed by atoms with E-state index in [0.717, 1.165) is 17.7 Å². The van der Waals surface area contributed by atoms with Crippen LogP contribution < -0.4 is 5.01 Å². The number of nitrogens with zero attached hydrogens (tertiary/aromatic N) is 2. The van der Waals surface area contributed by atoms with Gasteiger partial charge < -0.3 is 4.74 Å². The van der Waals surface area contributed by atoms with Crippen molar-refractivity contribution in [2.24, 2.45) is 5.10 Å². The Morgan fingerprint density at radius 2 is 1.80 bits per heavy atom. The van der Waals surface area contributed by atoms with E-state index in [9.17, 15) is 18.0 Å². The summed E-state index contributed by atoms with van der Waals surface area (Å²) in [4.78, 5) is 13.0. The van der Waals surface area contributed by atoms with Crippen LogP contribution in [0.3, 0.4) is 0 Å². The molecule has 0 fully saturated rings. The topological polar surface area (TPSA) is 41.9 Å². The van der Waals surface area contributed by atoms with Gasteiger partial charge in [0.05, 0.1) is 24.4 Å². The Labute approximate surface area is 175 Å². The smallest absolute Gasteiger partial charge is 0.334 e. The molecule has 1 aliphatic rings. The minimum absolute atomic E-state index is 0.0679. The highest BCUT2D eigenvalue weighted by Gasteiger charge is 2.56. The van der Waals surface area contributed by atoms with Crippen molar-refractivity contribution in [1.29, 1.82) is 0 Å². The average Bonchev–Trinajstić information content (AvgIpc) is 3.35. The minimum atomic E-state index is -1.46. The third-order valence-electron chi connectivity index (χ3n) is 5.24. The zero-order valence-corrected chi connectivity index (χ0v) is 16.9. The number of carbonyl (C=O) groups excluding carboxylic acids is 1. The molecule has 0 spiro atoms. The predicted octanol–water partition coefficient (Wildman–Crippen LogP) is 5.11. The number of methoxy groups -OCH3 is 1. The minimum Gasteiger partial charge on any atom is -0.467 e. The molecule has 0 saturated carbocycles. The van der Waals surface area contributed by atoms with E-state index in [0.29, 0.717) is 11.3 Å². The van der Waals surface area contributed by atoms with Crippen LogP contribution in [0, 0.1) is 17.5 Å². The Balaban J connectivity index is 1.97. The summed E-state index contributed by atoms with van der Waals surface area (Å²) in [6.45, 7) is 1.60. The van der Waals surface area contributed by atoms with Gasteiger partial charge in [-0.15, -0.1) is 0 Å². The van der Waals surface area contributed by atoms with Gasteiger partial charge in [0.2, 0.25) is 0 Å². The van der Waals surface area contributed by atoms with E-state index in [-0.39, 0.29) is 5.69 Å². The van der Waals surface area contributed by atoms with Crippen molar-refractivity contribution in [2.45, 2.75) is 18.4 Å². The maximum atomic E-state index is 14.7. The lowest BCUT2D eigenvalue weighted by Gasteiger charge is -2.36. The van der Waals surface area contributed by atoms with Crippen molar-refractivity contribution >= 4 is 28.7 Å². The highest BCUT2D eigenvalue weighted by Crippen LogP contribution is 2.46. The first-order valence-corrected chi connectivity index (χ1v) is 10.0. The summed E-state index contributed by atoms with van der Waals surface area (Å²) in [5.41, 5.74) is 0.276. The highest BCUT2D eigenvalue weighted by molar-refractivity contribution is 7.08. The molecule has 0 amide bonds. The molecule has 154 valence electrons. The van der Waals surface area contributed by atoms with Gasteiger partial charge in [0.15, 0.2) is 11.4 Å². The second-order valence-corrected chi connectivity index (χ2v) is 7.81. The third-order valence-corrected chi connectivity index (χ3v) is 5.94. The van der Waals surface area contributed by atoms with E-state index in [4.69, 9.17) is 4.74 Å². The van der Waals surface area contributed by atoms with E-state index >= 15 is 0 Å². The van der Waals surface area contributed by atoms with Gasteiger partial charge in [0.1, 0.15) is 11.6 Å². The van der Waals surface area contributed by atoms with E-state index < -0.39 is 34.9 Å². The Hall–Kier alpha value is -3.13. The second kappa shape index (κ2) is 7.60. The summed E-state index contributed by atoms with van der Waals surface area (Å²) >= 11 is 1.44. The molecule has 2 atom stereocenters. The SMILES string of the molecule is COC(=O)C1(C)C(c2ccsc2)C(c2ccc(F)cc2)=NN1c1ccc(F)cc1F. The predicted molar refractivity (Wildman–Crippen MR) is 109 cm³/mol. The number of anilines is 1. The van der Waals surface area contributed by atoms with Gasteiger partial charge in [-0.25, -0.2) is 23.0 Å². The van der Waals surface area contributed by atoms with E-state index in [1.54, 1.807) is 19.1 Å². The lowest BCUT2D eigenvalue weighted by molar-refractivity contribution is -0.146. The molecule has 4 rings (SSSR count). The molecule has 30 heavy (non-hydrogen) atoms. The second-order valence-electron chi connectivity index (χ2n) is 7.03. The van der Waals surface area contributed by atoms with Crippen LogP contribution in [0.2, 0.25) is 0 Å². The molecule has 0 N–H and O–H groups in total. The molecule has 0 radical (unpaired) electrons. The van der Waals surface area contributed by atoms with Crippen molar-refractivity contribution in [1.82, 2.24) is 0 Å². The number of thiophene rings is 1. The number of benzene rings is 2. The Morgan fingerprint density at radius 3 is 2.40 bits per heavy atom. The van der Waals surface area contributed by atoms with Crippen molar-refractivity contribution in [3.8, 4) is 0 Å². The Morgan fingerprint density at radius 1 is 1.10 bits per heavy atom. The molecule has 1 aliphatic heterocycles. The van der Waals surface area contributed by atoms with Gasteiger partial charge in [-0.3, -0.25) is 0 Å². The number of esters is 1. The van der Waals surface area contributed by atoms with Gasteiger partial charge >= 0.3 is 5.97 Å². The highest BCUT2D eigenvalue weighted by atomic mass is 32.1.